The summed E-state index contributed by atoms with van der Waals surface area (Å²) in [7, 11) is 0. The molecule has 0 saturated carbocycles. The first-order chi connectivity index (χ1) is 24.1. The maximum absolute atomic E-state index is 12.4. The van der Waals surface area contributed by atoms with Gasteiger partial charge in [-0.25, -0.2) is 4.39 Å². The van der Waals surface area contributed by atoms with Crippen molar-refractivity contribution in [1.29, 1.82) is 0 Å². The molecular weight excluding hydrogens is 823 g/mol. The van der Waals surface area contributed by atoms with Gasteiger partial charge in [0.05, 0.1) is 51.3 Å². The van der Waals surface area contributed by atoms with Gasteiger partial charge in [0.25, 0.3) is 17.3 Å². The van der Waals surface area contributed by atoms with E-state index in [1.54, 1.807) is 18.2 Å². The first kappa shape index (κ1) is 57.2. The van der Waals surface area contributed by atoms with Crippen LogP contribution in [-0.4, -0.2) is 85.5 Å². The van der Waals surface area contributed by atoms with Crippen LogP contribution in [0.1, 0.15) is 29.1 Å². The van der Waals surface area contributed by atoms with Gasteiger partial charge in [0.1, 0.15) is 30.5 Å². The van der Waals surface area contributed by atoms with E-state index in [0.717, 1.165) is 25.1 Å². The number of carbonyl (C=O) groups is 1. The molecule has 0 heterocycles. The molecule has 0 aliphatic heterocycles. The average Bonchev–Trinajstić information content (AvgIpc) is 3.07. The molecule has 0 saturated heterocycles. The number of carboxylic acid groups (broad SMARTS) is 1. The minimum absolute atomic E-state index is 0. The smallest absolute Gasteiger partial charge is 1.00 e. The summed E-state index contributed by atoms with van der Waals surface area (Å²) in [6, 6.07) is 12.2. The van der Waals surface area contributed by atoms with Crippen LogP contribution in [0, 0.1) is 26.0 Å². The number of nitro groups is 2. The number of rotatable bonds is 15. The van der Waals surface area contributed by atoms with Gasteiger partial charge in [-0.2, -0.15) is 0 Å². The molecule has 21 heteroatoms. The number of nitrogen functional groups attached to an aromatic ring is 1. The Balaban J connectivity index is -0.000000195. The molecule has 0 amide bonds. The molecule has 0 fully saturated rings. The number of benzene rings is 3. The maximum Gasteiger partial charge on any atom is 1.00 e. The van der Waals surface area contributed by atoms with Gasteiger partial charge < -0.3 is 41.1 Å². The van der Waals surface area contributed by atoms with Crippen molar-refractivity contribution in [2.45, 2.75) is 27.7 Å². The molecule has 3 rings (SSSR count). The Morgan fingerprint density at radius 2 is 1.13 bits per heavy atom. The van der Waals surface area contributed by atoms with Gasteiger partial charge in [-0.1, -0.05) is 34.8 Å². The number of carboxylic acids is 1. The number of halogens is 4. The zero-order chi connectivity index (χ0) is 39.2. The van der Waals surface area contributed by atoms with Crippen LogP contribution >= 0.6 is 34.8 Å². The number of nitrogens with zero attached hydrogens (tertiary/aromatic N) is 2. The Morgan fingerprint density at radius 3 is 1.47 bits per heavy atom. The third-order valence-corrected chi connectivity index (χ3v) is 5.90. The van der Waals surface area contributed by atoms with Crippen LogP contribution in [0.25, 0.3) is 0 Å². The summed E-state index contributed by atoms with van der Waals surface area (Å²) in [4.78, 5) is 28.4. The third-order valence-electron chi connectivity index (χ3n) is 5.01. The van der Waals surface area contributed by atoms with E-state index in [0.29, 0.717) is 75.1 Å². The van der Waals surface area contributed by atoms with E-state index in [4.69, 9.17) is 79.2 Å². The molecule has 0 spiro atoms. The van der Waals surface area contributed by atoms with E-state index in [1.165, 1.54) is 18.2 Å². The monoisotopic (exact) mass is 865 g/mol. The van der Waals surface area contributed by atoms with Crippen LogP contribution in [0.5, 0.6) is 11.5 Å². The van der Waals surface area contributed by atoms with Crippen LogP contribution in [0.15, 0.2) is 54.6 Å². The topological polar surface area (TPSA) is 216 Å². The second-order valence-electron chi connectivity index (χ2n) is 8.95. The molecule has 296 valence electrons. The molecule has 0 aliphatic rings. The van der Waals surface area contributed by atoms with E-state index in [2.05, 4.69) is 0 Å². The number of nitrogens with two attached hydrogens (primary N) is 1. The molecule has 3 aromatic carbocycles. The van der Waals surface area contributed by atoms with E-state index in [-0.39, 0.29) is 76.1 Å². The van der Waals surface area contributed by atoms with E-state index < -0.39 is 21.6 Å². The van der Waals surface area contributed by atoms with Crippen molar-refractivity contribution in [2.75, 3.05) is 65.2 Å². The maximum atomic E-state index is 12.4. The molecule has 0 aliphatic carbocycles. The van der Waals surface area contributed by atoms with Crippen molar-refractivity contribution in [2.24, 2.45) is 0 Å². The largest absolute Gasteiger partial charge is 1.00 e. The van der Waals surface area contributed by atoms with E-state index >= 15 is 0 Å². The number of ether oxygens (including phenoxy) is 5. The summed E-state index contributed by atoms with van der Waals surface area (Å²) in [5, 5.41) is 36.5. The fourth-order valence-electron chi connectivity index (χ4n) is 2.87. The Kier molecular flexibility index (Phi) is 39.4. The number of nitro benzene ring substituents is 2. The number of anilines is 1. The van der Waals surface area contributed by atoms with Crippen LogP contribution in [0.3, 0.4) is 0 Å². The number of aliphatic hydroxyl groups excluding tert-OH is 1. The van der Waals surface area contributed by atoms with E-state index in [9.17, 15) is 24.6 Å². The van der Waals surface area contributed by atoms with Gasteiger partial charge in [-0.05, 0) is 51.1 Å². The van der Waals surface area contributed by atoms with Crippen molar-refractivity contribution >= 4 is 57.8 Å². The summed E-state index contributed by atoms with van der Waals surface area (Å²) >= 11 is 17.0. The minimum Gasteiger partial charge on any atom is -1.00 e. The Bertz CT molecular complexity index is 1460. The van der Waals surface area contributed by atoms with Crippen LogP contribution in [0.4, 0.5) is 21.5 Å². The van der Waals surface area contributed by atoms with Gasteiger partial charge in [-0.15, -0.1) is 0 Å². The van der Waals surface area contributed by atoms with Gasteiger partial charge in [0.2, 0.25) is 0 Å². The second kappa shape index (κ2) is 36.5. The quantitative estimate of drug-likeness (QED) is 0.0627. The van der Waals surface area contributed by atoms with Gasteiger partial charge >= 0.3 is 29.6 Å². The number of aliphatic hydroxyl groups is 1. The predicted molar refractivity (Wildman–Crippen MR) is 194 cm³/mol. The first-order valence-electron chi connectivity index (χ1n) is 15.0. The fourth-order valence-corrected chi connectivity index (χ4v) is 3.52. The number of aliphatic carboxylic acids is 1. The zero-order valence-corrected chi connectivity index (χ0v) is 35.2. The van der Waals surface area contributed by atoms with Crippen molar-refractivity contribution in [1.82, 2.24) is 0 Å². The van der Waals surface area contributed by atoms with Gasteiger partial charge in [0, 0.05) is 73.8 Å². The zero-order valence-electron chi connectivity index (χ0n) is 30.9. The number of hydrogen-bond acceptors (Lipinski definition) is 12. The van der Waals surface area contributed by atoms with Crippen molar-refractivity contribution in [3.8, 4) is 11.5 Å². The fraction of sp³-hybridized carbons (Fsp3) is 0.406. The van der Waals surface area contributed by atoms with Crippen molar-refractivity contribution < 1.29 is 101 Å². The molecule has 0 aromatic heterocycles. The number of hydrogen-bond donors (Lipinski definition) is 3. The Morgan fingerprint density at radius 1 is 0.755 bits per heavy atom. The van der Waals surface area contributed by atoms with Gasteiger partial charge in [-0.3, -0.25) is 25.0 Å². The third kappa shape index (κ3) is 31.5. The normalized spacial score (nSPS) is 9.23. The average molecular weight is 867 g/mol. The summed E-state index contributed by atoms with van der Waals surface area (Å²) in [5.74, 6) is -0.426. The Hall–Kier alpha value is -2.51. The summed E-state index contributed by atoms with van der Waals surface area (Å²) in [6.07, 6.45) is 0. The van der Waals surface area contributed by atoms with Crippen molar-refractivity contribution in [3.05, 3.63) is 95.7 Å². The molecule has 0 bridgehead atoms. The SMILES string of the molecule is CC(=O)O.CCOCCO.CCOCCOc1ccc(N)cc1Cl.CCOCCOc1ccc([N+](=O)[O-])cc1Cl.O=[N+]([O-])c1ccc(F)c(Cl)c1.[Fe].[H-].[Na+]. The molecule has 4 N–H and O–H groups in total. The standard InChI is InChI=1S/C10H12ClNO4.C10H14ClNO2.C6H3ClFNO2.C4H10O2.C2H4O2.Fe.Na.H/c1-2-15-5-6-16-10-4-3-8(12(13)14)7-9(10)11;1-2-13-5-6-14-10-4-3-8(12)7-9(10)11;7-5-3-4(9(10)11)1-2-6(5)8;1-2-6-4-3-5;1-2(3)4;;;/h3-4,7H,2,5-6H2,1H3;3-4,7H,2,5-6,12H2,1H3;1-3H;5H,2-4H2,1H3;1H3,(H,3,4);;;/q;;;;;;+1;-1. The minimum atomic E-state index is -0.833. The molecule has 15 nitrogen and oxygen atoms in total. The molecular formula is C32H44Cl3FFeN3NaO12. The molecule has 53 heavy (non-hydrogen) atoms. The summed E-state index contributed by atoms with van der Waals surface area (Å²) in [5.41, 5.74) is 5.91. The Labute approximate surface area is 356 Å². The van der Waals surface area contributed by atoms with Crippen LogP contribution in [0.2, 0.25) is 15.1 Å². The number of non-ortho nitro benzene ring substituents is 2. The van der Waals surface area contributed by atoms with Crippen molar-refractivity contribution in [3.63, 3.8) is 0 Å². The molecule has 0 unspecified atom stereocenters. The van der Waals surface area contributed by atoms with E-state index in [1.807, 2.05) is 20.8 Å². The molecule has 3 aromatic rings. The van der Waals surface area contributed by atoms with Crippen LogP contribution in [-0.2, 0) is 36.1 Å². The molecule has 0 radical (unpaired) electrons. The van der Waals surface area contributed by atoms with Crippen LogP contribution < -0.4 is 44.8 Å². The van der Waals surface area contributed by atoms with Gasteiger partial charge in [0.15, 0.2) is 0 Å². The molecule has 0 atom stereocenters. The predicted octanol–water partition coefficient (Wildman–Crippen LogP) is 4.61. The summed E-state index contributed by atoms with van der Waals surface area (Å²) < 4.78 is 38.0. The first-order valence-corrected chi connectivity index (χ1v) is 16.2. The second-order valence-corrected chi connectivity index (χ2v) is 10.2. The summed E-state index contributed by atoms with van der Waals surface area (Å²) in [6.45, 7) is 11.3.